The number of anilines is 1. The second-order valence-electron chi connectivity index (χ2n) is 8.24. The maximum atomic E-state index is 12.6. The zero-order valence-corrected chi connectivity index (χ0v) is 19.7. The Bertz CT molecular complexity index is 1060. The number of carbonyl (C=O) groups excluding carboxylic acids is 2. The Balaban J connectivity index is 1.60. The first kappa shape index (κ1) is 23.4. The number of carbonyl (C=O) groups is 2. The van der Waals surface area contributed by atoms with Gasteiger partial charge in [-0.1, -0.05) is 6.92 Å². The number of benzene rings is 1. The van der Waals surface area contributed by atoms with Gasteiger partial charge in [-0.05, 0) is 75.8 Å². The van der Waals surface area contributed by atoms with E-state index in [0.717, 1.165) is 24.8 Å². The summed E-state index contributed by atoms with van der Waals surface area (Å²) in [5.74, 6) is -0.361. The Morgan fingerprint density at radius 2 is 1.84 bits per heavy atom. The van der Waals surface area contributed by atoms with Gasteiger partial charge in [-0.25, -0.2) is 17.9 Å². The van der Waals surface area contributed by atoms with E-state index in [-0.39, 0.29) is 10.9 Å². The fourth-order valence-corrected chi connectivity index (χ4v) is 5.95. The van der Waals surface area contributed by atoms with Crippen LogP contribution in [0.1, 0.15) is 54.9 Å². The molecule has 1 amide bonds. The van der Waals surface area contributed by atoms with Crippen LogP contribution in [0.25, 0.3) is 0 Å². The van der Waals surface area contributed by atoms with E-state index < -0.39 is 28.0 Å². The van der Waals surface area contributed by atoms with E-state index in [1.54, 1.807) is 25.2 Å². The number of fused-ring (bicyclic) bond motifs is 1. The van der Waals surface area contributed by atoms with Gasteiger partial charge < -0.3 is 10.1 Å². The zero-order chi connectivity index (χ0) is 22.8. The molecule has 2 N–H and O–H groups in total. The fourth-order valence-electron chi connectivity index (χ4n) is 3.47. The van der Waals surface area contributed by atoms with Gasteiger partial charge in [0.15, 0.2) is 6.10 Å². The lowest BCUT2D eigenvalue weighted by Gasteiger charge is -2.19. The van der Waals surface area contributed by atoms with Gasteiger partial charge in [0.05, 0.1) is 10.5 Å². The van der Waals surface area contributed by atoms with Gasteiger partial charge in [0.2, 0.25) is 10.0 Å². The molecular weight excluding hydrogens is 436 g/mol. The molecule has 31 heavy (non-hydrogen) atoms. The van der Waals surface area contributed by atoms with Gasteiger partial charge in [-0.2, -0.15) is 0 Å². The highest BCUT2D eigenvalue weighted by molar-refractivity contribution is 7.89. The van der Waals surface area contributed by atoms with E-state index in [4.69, 9.17) is 4.74 Å². The number of sulfonamides is 1. The third-order valence-corrected chi connectivity index (χ3v) is 7.82. The number of ether oxygens (including phenoxy) is 1. The number of hydrogen-bond acceptors (Lipinski definition) is 6. The summed E-state index contributed by atoms with van der Waals surface area (Å²) in [5, 5.41) is 4.47. The van der Waals surface area contributed by atoms with E-state index in [1.807, 2.05) is 5.38 Å². The molecular formula is C22H28N2O5S2. The summed E-state index contributed by atoms with van der Waals surface area (Å²) in [7, 11) is -3.60. The van der Waals surface area contributed by atoms with Crippen LogP contribution in [0, 0.1) is 5.92 Å². The molecule has 1 aliphatic carbocycles. The van der Waals surface area contributed by atoms with Crippen molar-refractivity contribution in [3.63, 3.8) is 0 Å². The van der Waals surface area contributed by atoms with Crippen LogP contribution >= 0.6 is 11.3 Å². The Labute approximate surface area is 187 Å². The lowest BCUT2D eigenvalue weighted by molar-refractivity contribution is -0.123. The van der Waals surface area contributed by atoms with Crippen LogP contribution in [-0.2, 0) is 32.4 Å². The molecule has 0 radical (unpaired) electrons. The second-order valence-corrected chi connectivity index (χ2v) is 10.9. The SMILES string of the molecule is CC1CCc2c(C(=O)OC(C)C(=O)Nc3ccc(S(=O)(=O)NC(C)C)cc3)csc2C1. The fraction of sp³-hybridized carbons (Fsp3) is 0.455. The van der Waals surface area contributed by atoms with Crippen molar-refractivity contribution in [3.8, 4) is 0 Å². The van der Waals surface area contributed by atoms with Crippen molar-refractivity contribution in [2.75, 3.05) is 5.32 Å². The van der Waals surface area contributed by atoms with E-state index in [0.29, 0.717) is 17.2 Å². The highest BCUT2D eigenvalue weighted by Crippen LogP contribution is 2.33. The smallest absolute Gasteiger partial charge is 0.340 e. The number of amides is 1. The summed E-state index contributed by atoms with van der Waals surface area (Å²) in [6, 6.07) is 5.60. The highest BCUT2D eigenvalue weighted by Gasteiger charge is 2.26. The Morgan fingerprint density at radius 1 is 1.16 bits per heavy atom. The van der Waals surface area contributed by atoms with Gasteiger partial charge in [0.1, 0.15) is 0 Å². The first-order chi connectivity index (χ1) is 14.6. The van der Waals surface area contributed by atoms with Crippen molar-refractivity contribution in [1.82, 2.24) is 4.72 Å². The topological polar surface area (TPSA) is 102 Å². The summed E-state index contributed by atoms with van der Waals surface area (Å²) in [6.07, 6.45) is 1.88. The Hall–Kier alpha value is -2.23. The van der Waals surface area contributed by atoms with Gasteiger partial charge >= 0.3 is 5.97 Å². The quantitative estimate of drug-likeness (QED) is 0.608. The van der Waals surface area contributed by atoms with Crippen molar-refractivity contribution < 1.29 is 22.7 Å². The van der Waals surface area contributed by atoms with Crippen molar-refractivity contribution in [3.05, 3.63) is 45.6 Å². The molecule has 7 nitrogen and oxygen atoms in total. The maximum Gasteiger partial charge on any atom is 0.340 e. The van der Waals surface area contributed by atoms with Crippen molar-refractivity contribution in [2.45, 2.75) is 64.0 Å². The monoisotopic (exact) mass is 464 g/mol. The standard InChI is InChI=1S/C22H28N2O5S2/c1-13(2)24-31(27,28)17-8-6-16(7-9-17)23-21(25)15(4)29-22(26)19-12-30-20-11-14(3)5-10-18(19)20/h6-9,12-15,24H,5,10-11H2,1-4H3,(H,23,25). The molecule has 0 saturated carbocycles. The average molecular weight is 465 g/mol. The number of esters is 1. The van der Waals surface area contributed by atoms with Gasteiger partial charge in [-0.15, -0.1) is 11.3 Å². The largest absolute Gasteiger partial charge is 0.449 e. The molecule has 0 aliphatic heterocycles. The van der Waals surface area contributed by atoms with Crippen LogP contribution in [0.3, 0.4) is 0 Å². The summed E-state index contributed by atoms with van der Waals surface area (Å²) in [4.78, 5) is 26.4. The molecule has 2 atom stereocenters. The van der Waals surface area contributed by atoms with Crippen molar-refractivity contribution >= 4 is 38.9 Å². The van der Waals surface area contributed by atoms with Crippen LogP contribution < -0.4 is 10.0 Å². The van der Waals surface area contributed by atoms with Crippen molar-refractivity contribution in [1.29, 1.82) is 0 Å². The minimum absolute atomic E-state index is 0.107. The van der Waals surface area contributed by atoms with E-state index in [1.165, 1.54) is 36.1 Å². The molecule has 0 fully saturated rings. The molecule has 1 heterocycles. The predicted octanol–water partition coefficient (Wildman–Crippen LogP) is 3.74. The number of thiophene rings is 1. The number of nitrogens with one attached hydrogen (secondary N) is 2. The van der Waals surface area contributed by atoms with E-state index in [2.05, 4.69) is 17.0 Å². The molecule has 1 aromatic carbocycles. The maximum absolute atomic E-state index is 12.6. The third-order valence-electron chi connectivity index (χ3n) is 5.10. The molecule has 2 aromatic rings. The third kappa shape index (κ3) is 5.72. The molecule has 9 heteroatoms. The minimum atomic E-state index is -3.60. The molecule has 0 saturated heterocycles. The van der Waals surface area contributed by atoms with E-state index in [9.17, 15) is 18.0 Å². The van der Waals surface area contributed by atoms with Gasteiger partial charge in [-0.3, -0.25) is 4.79 Å². The molecule has 3 rings (SSSR count). The lowest BCUT2D eigenvalue weighted by atomic mass is 9.88. The normalized spacial score (nSPS) is 17.1. The predicted molar refractivity (Wildman–Crippen MR) is 121 cm³/mol. The molecule has 168 valence electrons. The van der Waals surface area contributed by atoms with Crippen LogP contribution in [0.5, 0.6) is 0 Å². The first-order valence-corrected chi connectivity index (χ1v) is 12.7. The first-order valence-electron chi connectivity index (χ1n) is 10.3. The highest BCUT2D eigenvalue weighted by atomic mass is 32.2. The average Bonchev–Trinajstić information content (AvgIpc) is 3.10. The summed E-state index contributed by atoms with van der Waals surface area (Å²) < 4.78 is 32.3. The minimum Gasteiger partial charge on any atom is -0.449 e. The lowest BCUT2D eigenvalue weighted by Crippen LogP contribution is -2.31. The molecule has 1 aromatic heterocycles. The van der Waals surface area contributed by atoms with Crippen LogP contribution in [0.4, 0.5) is 5.69 Å². The molecule has 0 bridgehead atoms. The Morgan fingerprint density at radius 3 is 2.48 bits per heavy atom. The van der Waals surface area contributed by atoms with Gasteiger partial charge in [0, 0.05) is 22.0 Å². The molecule has 0 spiro atoms. The van der Waals surface area contributed by atoms with Gasteiger partial charge in [0.25, 0.3) is 5.91 Å². The summed E-state index contributed by atoms with van der Waals surface area (Å²) in [5.41, 5.74) is 2.02. The summed E-state index contributed by atoms with van der Waals surface area (Å²) >= 11 is 1.57. The number of rotatable bonds is 7. The zero-order valence-electron chi connectivity index (χ0n) is 18.1. The van der Waals surface area contributed by atoms with Crippen LogP contribution in [-0.4, -0.2) is 32.4 Å². The number of hydrogen-bond donors (Lipinski definition) is 2. The summed E-state index contributed by atoms with van der Waals surface area (Å²) in [6.45, 7) is 7.19. The molecule has 1 aliphatic rings. The molecule has 2 unspecified atom stereocenters. The van der Waals surface area contributed by atoms with Crippen molar-refractivity contribution in [2.24, 2.45) is 5.92 Å². The van der Waals surface area contributed by atoms with Crippen LogP contribution in [0.15, 0.2) is 34.5 Å². The van der Waals surface area contributed by atoms with E-state index >= 15 is 0 Å². The second kappa shape index (κ2) is 9.50. The Kier molecular flexibility index (Phi) is 7.18. The van der Waals surface area contributed by atoms with Crippen LogP contribution in [0.2, 0.25) is 0 Å².